The molecule has 0 aliphatic rings. The molecule has 0 atom stereocenters. The molecule has 2 heterocycles. The lowest BCUT2D eigenvalue weighted by Gasteiger charge is -2.10. The van der Waals surface area contributed by atoms with E-state index in [1.54, 1.807) is 6.20 Å². The molecule has 2 aromatic heterocycles. The lowest BCUT2D eigenvalue weighted by Crippen LogP contribution is -2.23. The Morgan fingerprint density at radius 2 is 1.96 bits per heavy atom. The zero-order valence-electron chi connectivity index (χ0n) is 13.5. The molecule has 0 unspecified atom stereocenters. The molecule has 122 valence electrons. The van der Waals surface area contributed by atoms with Gasteiger partial charge in [-0.25, -0.2) is 9.97 Å². The lowest BCUT2D eigenvalue weighted by atomic mass is 10.3. The molecule has 0 saturated heterocycles. The van der Waals surface area contributed by atoms with Crippen LogP contribution in [0.3, 0.4) is 0 Å². The van der Waals surface area contributed by atoms with Crippen molar-refractivity contribution in [3.8, 4) is 0 Å². The van der Waals surface area contributed by atoms with E-state index in [2.05, 4.69) is 30.5 Å². The zero-order valence-corrected chi connectivity index (χ0v) is 13.5. The highest BCUT2D eigenvalue weighted by molar-refractivity contribution is 5.93. The van der Waals surface area contributed by atoms with Gasteiger partial charge in [0.2, 0.25) is 5.95 Å². The van der Waals surface area contributed by atoms with E-state index in [9.17, 15) is 4.79 Å². The molecule has 0 spiro atoms. The number of amides is 1. The molecule has 0 aromatic carbocycles. The minimum absolute atomic E-state index is 0.213. The molecule has 0 fully saturated rings. The summed E-state index contributed by atoms with van der Waals surface area (Å²) in [4.78, 5) is 26.6. The van der Waals surface area contributed by atoms with Crippen LogP contribution in [0.25, 0.3) is 0 Å². The maximum atomic E-state index is 12.0. The fraction of sp³-hybridized carbons (Fsp3) is 0.375. The van der Waals surface area contributed by atoms with Gasteiger partial charge in [-0.15, -0.1) is 0 Å². The van der Waals surface area contributed by atoms with E-state index < -0.39 is 0 Å². The Kier molecular flexibility index (Phi) is 6.43. The number of nitrogens with one attached hydrogen (secondary N) is 2. The standard InChI is InChI=1S/C16H22N6O/c1-22(2)9-5-8-18-16-20-10-13(11-21-16)15(23)19-12-14-6-3-4-7-17-14/h3-4,6-7,10-11H,5,8-9,12H2,1-2H3,(H,19,23)(H,18,20,21). The van der Waals surface area contributed by atoms with Gasteiger partial charge in [0, 0.05) is 25.1 Å². The molecule has 0 bridgehead atoms. The summed E-state index contributed by atoms with van der Waals surface area (Å²) >= 11 is 0. The van der Waals surface area contributed by atoms with Gasteiger partial charge in [0.25, 0.3) is 5.91 Å². The Bertz CT molecular complexity index is 600. The van der Waals surface area contributed by atoms with E-state index in [1.165, 1.54) is 12.4 Å². The van der Waals surface area contributed by atoms with E-state index >= 15 is 0 Å². The summed E-state index contributed by atoms with van der Waals surface area (Å²) in [5, 5.41) is 5.93. The number of hydrogen-bond donors (Lipinski definition) is 2. The van der Waals surface area contributed by atoms with E-state index in [0.29, 0.717) is 18.1 Å². The first-order valence-electron chi connectivity index (χ1n) is 7.54. The summed E-state index contributed by atoms with van der Waals surface area (Å²) in [7, 11) is 4.07. The Morgan fingerprint density at radius 3 is 2.61 bits per heavy atom. The number of anilines is 1. The van der Waals surface area contributed by atoms with Gasteiger partial charge < -0.3 is 15.5 Å². The third kappa shape index (κ3) is 5.99. The second-order valence-corrected chi connectivity index (χ2v) is 5.38. The molecule has 23 heavy (non-hydrogen) atoms. The van der Waals surface area contributed by atoms with Crippen molar-refractivity contribution in [1.82, 2.24) is 25.2 Å². The Labute approximate surface area is 136 Å². The molecule has 7 heteroatoms. The van der Waals surface area contributed by atoms with Crippen LogP contribution >= 0.6 is 0 Å². The van der Waals surface area contributed by atoms with E-state index in [-0.39, 0.29) is 5.91 Å². The number of nitrogens with zero attached hydrogens (tertiary/aromatic N) is 4. The van der Waals surface area contributed by atoms with Crippen LogP contribution in [-0.2, 0) is 6.54 Å². The van der Waals surface area contributed by atoms with Crippen LogP contribution in [0.4, 0.5) is 5.95 Å². The molecule has 2 rings (SSSR count). The van der Waals surface area contributed by atoms with Crippen molar-refractivity contribution >= 4 is 11.9 Å². The molecule has 0 saturated carbocycles. The molecular weight excluding hydrogens is 292 g/mol. The van der Waals surface area contributed by atoms with Crippen molar-refractivity contribution in [3.63, 3.8) is 0 Å². The highest BCUT2D eigenvalue weighted by Crippen LogP contribution is 2.01. The fourth-order valence-corrected chi connectivity index (χ4v) is 1.91. The van der Waals surface area contributed by atoms with Crippen LogP contribution in [0.1, 0.15) is 22.5 Å². The van der Waals surface area contributed by atoms with Gasteiger partial charge in [0.15, 0.2) is 0 Å². The second kappa shape index (κ2) is 8.79. The first-order valence-corrected chi connectivity index (χ1v) is 7.54. The van der Waals surface area contributed by atoms with Crippen molar-refractivity contribution < 1.29 is 4.79 Å². The molecule has 0 aliphatic heterocycles. The van der Waals surface area contributed by atoms with E-state index in [1.807, 2.05) is 32.3 Å². The third-order valence-corrected chi connectivity index (χ3v) is 3.14. The predicted molar refractivity (Wildman–Crippen MR) is 89.1 cm³/mol. The van der Waals surface area contributed by atoms with Gasteiger partial charge in [-0.1, -0.05) is 6.07 Å². The van der Waals surface area contributed by atoms with Gasteiger partial charge in [-0.05, 0) is 39.2 Å². The van der Waals surface area contributed by atoms with Gasteiger partial charge in [0.05, 0.1) is 17.8 Å². The Hall–Kier alpha value is -2.54. The van der Waals surface area contributed by atoms with Gasteiger partial charge >= 0.3 is 0 Å². The summed E-state index contributed by atoms with van der Waals surface area (Å²) in [5.41, 5.74) is 1.24. The SMILES string of the molecule is CN(C)CCCNc1ncc(C(=O)NCc2ccccn2)cn1. The minimum Gasteiger partial charge on any atom is -0.354 e. The Balaban J connectivity index is 1.78. The number of carbonyl (C=O) groups is 1. The average molecular weight is 314 g/mol. The van der Waals surface area contributed by atoms with Crippen LogP contribution in [0, 0.1) is 0 Å². The monoisotopic (exact) mass is 314 g/mol. The van der Waals surface area contributed by atoms with Crippen molar-refractivity contribution in [3.05, 3.63) is 48.0 Å². The largest absolute Gasteiger partial charge is 0.354 e. The molecule has 7 nitrogen and oxygen atoms in total. The highest BCUT2D eigenvalue weighted by Gasteiger charge is 2.07. The minimum atomic E-state index is -0.213. The van der Waals surface area contributed by atoms with Crippen LogP contribution in [-0.4, -0.2) is 52.9 Å². The summed E-state index contributed by atoms with van der Waals surface area (Å²) in [6.45, 7) is 2.18. The first kappa shape index (κ1) is 16.8. The number of carbonyl (C=O) groups excluding carboxylic acids is 1. The lowest BCUT2D eigenvalue weighted by molar-refractivity contribution is 0.0949. The first-order chi connectivity index (χ1) is 11.1. The topological polar surface area (TPSA) is 83.0 Å². The van der Waals surface area contributed by atoms with Gasteiger partial charge in [-0.3, -0.25) is 9.78 Å². The molecule has 0 radical (unpaired) electrons. The summed E-state index contributed by atoms with van der Waals surface area (Å²) in [6, 6.07) is 5.58. The van der Waals surface area contributed by atoms with Crippen molar-refractivity contribution in [2.75, 3.05) is 32.5 Å². The van der Waals surface area contributed by atoms with Gasteiger partial charge in [0.1, 0.15) is 0 Å². The molecular formula is C16H22N6O. The zero-order chi connectivity index (χ0) is 16.5. The number of aromatic nitrogens is 3. The smallest absolute Gasteiger partial charge is 0.254 e. The van der Waals surface area contributed by atoms with Crippen LogP contribution in [0.5, 0.6) is 0 Å². The summed E-state index contributed by atoms with van der Waals surface area (Å²) < 4.78 is 0. The number of pyridine rings is 1. The van der Waals surface area contributed by atoms with Gasteiger partial charge in [-0.2, -0.15) is 0 Å². The van der Waals surface area contributed by atoms with Crippen LogP contribution < -0.4 is 10.6 Å². The van der Waals surface area contributed by atoms with Crippen molar-refractivity contribution in [2.24, 2.45) is 0 Å². The van der Waals surface area contributed by atoms with E-state index in [4.69, 9.17) is 0 Å². The normalized spacial score (nSPS) is 10.6. The Morgan fingerprint density at radius 1 is 1.17 bits per heavy atom. The van der Waals surface area contributed by atoms with Crippen LogP contribution in [0.15, 0.2) is 36.8 Å². The number of rotatable bonds is 8. The van der Waals surface area contributed by atoms with Crippen LogP contribution in [0.2, 0.25) is 0 Å². The molecule has 2 aromatic rings. The fourth-order valence-electron chi connectivity index (χ4n) is 1.91. The maximum Gasteiger partial charge on any atom is 0.254 e. The summed E-state index contributed by atoms with van der Waals surface area (Å²) in [6.07, 6.45) is 5.74. The molecule has 1 amide bonds. The molecule has 0 aliphatic carbocycles. The highest BCUT2D eigenvalue weighted by atomic mass is 16.1. The summed E-state index contributed by atoms with van der Waals surface area (Å²) in [5.74, 6) is 0.319. The maximum absolute atomic E-state index is 12.0. The van der Waals surface area contributed by atoms with E-state index in [0.717, 1.165) is 25.2 Å². The predicted octanol–water partition coefficient (Wildman–Crippen LogP) is 1.17. The second-order valence-electron chi connectivity index (χ2n) is 5.38. The quantitative estimate of drug-likeness (QED) is 0.712. The van der Waals surface area contributed by atoms with Crippen molar-refractivity contribution in [2.45, 2.75) is 13.0 Å². The number of hydrogen-bond acceptors (Lipinski definition) is 6. The molecule has 2 N–H and O–H groups in total. The van der Waals surface area contributed by atoms with Crippen molar-refractivity contribution in [1.29, 1.82) is 0 Å². The average Bonchev–Trinajstić information content (AvgIpc) is 2.58. The third-order valence-electron chi connectivity index (χ3n) is 3.14.